The normalized spacial score (nSPS) is 17.5. The second kappa shape index (κ2) is 11.4. The second-order valence-electron chi connectivity index (χ2n) is 8.62. The number of amidine groups is 1. The van der Waals surface area contributed by atoms with Crippen LogP contribution in [-0.2, 0) is 9.59 Å². The van der Waals surface area contributed by atoms with Crippen LogP contribution in [0.2, 0.25) is 0 Å². The van der Waals surface area contributed by atoms with Crippen LogP contribution in [0.5, 0.6) is 11.5 Å². The molecule has 0 atom stereocenters. The minimum atomic E-state index is -0.246. The number of anilines is 1. The molecule has 2 aromatic rings. The number of carbonyl (C=O) groups is 2. The number of hydrogen-bond donors (Lipinski definition) is 0. The number of hydrogen-bond acceptors (Lipinski definition) is 6. The first-order valence-electron chi connectivity index (χ1n) is 11.8. The molecule has 8 heteroatoms. The molecule has 4 rings (SSSR count). The molecule has 1 fully saturated rings. The van der Waals surface area contributed by atoms with Gasteiger partial charge in [-0.05, 0) is 48.7 Å². The van der Waals surface area contributed by atoms with Gasteiger partial charge in [0.25, 0.3) is 5.91 Å². The average molecular weight is 494 g/mol. The molecule has 0 spiro atoms. The van der Waals surface area contributed by atoms with Crippen LogP contribution in [0.15, 0.2) is 59.2 Å². The molecule has 184 valence electrons. The summed E-state index contributed by atoms with van der Waals surface area (Å²) in [6.07, 6.45) is 7.43. The summed E-state index contributed by atoms with van der Waals surface area (Å²) in [5.41, 5.74) is 1.79. The minimum absolute atomic E-state index is 0.0511. The number of carbonyl (C=O) groups excluding carboxylic acids is 2. The zero-order valence-electron chi connectivity index (χ0n) is 20.4. The number of thioether (sulfide) groups is 1. The van der Waals surface area contributed by atoms with Gasteiger partial charge < -0.3 is 14.4 Å². The van der Waals surface area contributed by atoms with E-state index >= 15 is 0 Å². The number of ether oxygens (including phenoxy) is 2. The monoisotopic (exact) mass is 493 g/mol. The van der Waals surface area contributed by atoms with E-state index in [1.807, 2.05) is 54.4 Å². The van der Waals surface area contributed by atoms with Crippen molar-refractivity contribution in [3.05, 3.63) is 59.8 Å². The minimum Gasteiger partial charge on any atom is -0.497 e. The highest BCUT2D eigenvalue weighted by atomic mass is 32.2. The van der Waals surface area contributed by atoms with Crippen molar-refractivity contribution in [1.29, 1.82) is 0 Å². The molecule has 1 aliphatic carbocycles. The zero-order chi connectivity index (χ0) is 24.8. The van der Waals surface area contributed by atoms with Crippen molar-refractivity contribution in [3.63, 3.8) is 0 Å². The van der Waals surface area contributed by atoms with Gasteiger partial charge in [-0.2, -0.15) is 0 Å². The lowest BCUT2D eigenvalue weighted by Gasteiger charge is -2.31. The Balaban J connectivity index is 1.57. The molecule has 2 aromatic carbocycles. The summed E-state index contributed by atoms with van der Waals surface area (Å²) in [5, 5.41) is 0.480. The SMILES string of the molecule is COc1ccc(C=C2N=C(SCC(=O)N(C)C3CCCCC3)N(c3cccc(OC)c3)C2=O)cc1. The lowest BCUT2D eigenvalue weighted by Crippen LogP contribution is -2.40. The maximum absolute atomic E-state index is 13.4. The highest BCUT2D eigenvalue weighted by Gasteiger charge is 2.33. The Morgan fingerprint density at radius 1 is 1.09 bits per heavy atom. The summed E-state index contributed by atoms with van der Waals surface area (Å²) in [6.45, 7) is 0. The van der Waals surface area contributed by atoms with Crippen molar-refractivity contribution in [2.24, 2.45) is 4.99 Å². The smallest absolute Gasteiger partial charge is 0.283 e. The lowest BCUT2D eigenvalue weighted by atomic mass is 9.94. The molecule has 7 nitrogen and oxygen atoms in total. The summed E-state index contributed by atoms with van der Waals surface area (Å²) in [4.78, 5) is 34.5. The summed E-state index contributed by atoms with van der Waals surface area (Å²) in [6, 6.07) is 15.0. The molecule has 0 radical (unpaired) electrons. The second-order valence-corrected chi connectivity index (χ2v) is 9.57. The summed E-state index contributed by atoms with van der Waals surface area (Å²) < 4.78 is 10.6. The molecule has 2 aliphatic rings. The molecule has 0 aromatic heterocycles. The van der Waals surface area contributed by atoms with Crippen LogP contribution in [0.25, 0.3) is 6.08 Å². The summed E-state index contributed by atoms with van der Waals surface area (Å²) in [7, 11) is 5.08. The maximum Gasteiger partial charge on any atom is 0.283 e. The quantitative estimate of drug-likeness (QED) is 0.509. The first kappa shape index (κ1) is 24.9. The Hall–Kier alpha value is -3.26. The Morgan fingerprint density at radius 3 is 2.49 bits per heavy atom. The van der Waals surface area contributed by atoms with Gasteiger partial charge in [-0.15, -0.1) is 0 Å². The fraction of sp³-hybridized carbons (Fsp3) is 0.370. The average Bonchev–Trinajstić information content (AvgIpc) is 3.22. The Kier molecular flexibility index (Phi) is 8.13. The van der Waals surface area contributed by atoms with Crippen molar-refractivity contribution >= 4 is 40.5 Å². The molecular weight excluding hydrogens is 462 g/mol. The third-order valence-electron chi connectivity index (χ3n) is 6.40. The molecule has 1 aliphatic heterocycles. The van der Waals surface area contributed by atoms with Crippen LogP contribution in [0.4, 0.5) is 5.69 Å². The van der Waals surface area contributed by atoms with Gasteiger partial charge in [0.2, 0.25) is 5.91 Å². The van der Waals surface area contributed by atoms with Gasteiger partial charge in [0.15, 0.2) is 5.17 Å². The highest BCUT2D eigenvalue weighted by molar-refractivity contribution is 8.14. The number of aliphatic imine (C=N–C) groups is 1. The molecule has 0 bridgehead atoms. The molecule has 35 heavy (non-hydrogen) atoms. The first-order chi connectivity index (χ1) is 17.0. The van der Waals surface area contributed by atoms with Gasteiger partial charge in [-0.1, -0.05) is 49.2 Å². The molecular formula is C27H31N3O4S. The standard InChI is InChI=1S/C27H31N3O4S/c1-29(20-8-5-4-6-9-20)25(31)18-35-27-28-24(16-19-12-14-22(33-2)15-13-19)26(32)30(27)21-10-7-11-23(17-21)34-3/h7,10-17,20H,4-6,8-9,18H2,1-3H3. The largest absolute Gasteiger partial charge is 0.497 e. The van der Waals surface area contributed by atoms with Gasteiger partial charge in [0.1, 0.15) is 17.2 Å². The molecule has 2 amide bonds. The van der Waals surface area contributed by atoms with Crippen LogP contribution in [0.1, 0.15) is 37.7 Å². The third-order valence-corrected chi connectivity index (χ3v) is 7.32. The number of nitrogens with zero attached hydrogens (tertiary/aromatic N) is 3. The third kappa shape index (κ3) is 5.88. The molecule has 1 heterocycles. The first-order valence-corrected chi connectivity index (χ1v) is 12.8. The van der Waals surface area contributed by atoms with Gasteiger partial charge in [-0.3, -0.25) is 14.5 Å². The lowest BCUT2D eigenvalue weighted by molar-refractivity contribution is -0.129. The fourth-order valence-corrected chi connectivity index (χ4v) is 5.26. The fourth-order valence-electron chi connectivity index (χ4n) is 4.33. The molecule has 0 N–H and O–H groups in total. The van der Waals surface area contributed by atoms with Gasteiger partial charge in [0, 0.05) is 19.2 Å². The van der Waals surface area contributed by atoms with Crippen LogP contribution >= 0.6 is 11.8 Å². The Bertz CT molecular complexity index is 1120. The number of methoxy groups -OCH3 is 2. The predicted molar refractivity (Wildman–Crippen MR) is 141 cm³/mol. The van der Waals surface area contributed by atoms with Crippen LogP contribution < -0.4 is 14.4 Å². The molecule has 0 unspecified atom stereocenters. The number of amides is 2. The van der Waals surface area contributed by atoms with Crippen LogP contribution in [0.3, 0.4) is 0 Å². The van der Waals surface area contributed by atoms with E-state index in [9.17, 15) is 9.59 Å². The van der Waals surface area contributed by atoms with E-state index in [0.29, 0.717) is 28.3 Å². The van der Waals surface area contributed by atoms with Gasteiger partial charge in [0.05, 0.1) is 25.7 Å². The number of benzene rings is 2. The predicted octanol–water partition coefficient (Wildman–Crippen LogP) is 4.97. The highest BCUT2D eigenvalue weighted by Crippen LogP contribution is 2.32. The van der Waals surface area contributed by atoms with Crippen molar-refractivity contribution in [1.82, 2.24) is 4.90 Å². The van der Waals surface area contributed by atoms with Crippen molar-refractivity contribution in [3.8, 4) is 11.5 Å². The topological polar surface area (TPSA) is 71.4 Å². The summed E-state index contributed by atoms with van der Waals surface area (Å²) in [5.74, 6) is 1.40. The van der Waals surface area contributed by atoms with Gasteiger partial charge in [-0.25, -0.2) is 4.99 Å². The van der Waals surface area contributed by atoms with E-state index in [-0.39, 0.29) is 17.6 Å². The van der Waals surface area contributed by atoms with E-state index in [4.69, 9.17) is 9.47 Å². The molecule has 1 saturated carbocycles. The van der Waals surface area contributed by atoms with Crippen molar-refractivity contribution in [2.45, 2.75) is 38.1 Å². The molecule has 0 saturated heterocycles. The number of rotatable bonds is 7. The van der Waals surface area contributed by atoms with E-state index in [0.717, 1.165) is 24.2 Å². The van der Waals surface area contributed by atoms with E-state index in [1.54, 1.807) is 31.3 Å². The van der Waals surface area contributed by atoms with Crippen LogP contribution in [0, 0.1) is 0 Å². The summed E-state index contributed by atoms with van der Waals surface area (Å²) >= 11 is 1.29. The van der Waals surface area contributed by atoms with Crippen LogP contribution in [-0.4, -0.2) is 54.9 Å². The zero-order valence-corrected chi connectivity index (χ0v) is 21.2. The maximum atomic E-state index is 13.4. The van der Waals surface area contributed by atoms with Crippen molar-refractivity contribution in [2.75, 3.05) is 31.9 Å². The van der Waals surface area contributed by atoms with Gasteiger partial charge >= 0.3 is 0 Å². The van der Waals surface area contributed by atoms with E-state index < -0.39 is 0 Å². The Labute approximate surface area is 210 Å². The van der Waals surface area contributed by atoms with E-state index in [2.05, 4.69) is 4.99 Å². The van der Waals surface area contributed by atoms with Crippen molar-refractivity contribution < 1.29 is 19.1 Å². The Morgan fingerprint density at radius 2 is 1.80 bits per heavy atom. The van der Waals surface area contributed by atoms with E-state index in [1.165, 1.54) is 31.0 Å².